The minimum Gasteiger partial charge on any atom is -0.497 e. The Morgan fingerprint density at radius 2 is 1.71 bits per heavy atom. The lowest BCUT2D eigenvalue weighted by Gasteiger charge is -2.13. The van der Waals surface area contributed by atoms with Gasteiger partial charge in [-0.1, -0.05) is 65.8 Å². The maximum atomic E-state index is 12.8. The molecule has 4 aromatic rings. The normalized spacial score (nSPS) is 11.6. The Hall–Kier alpha value is -3.11. The third kappa shape index (κ3) is 5.87. The second kappa shape index (κ2) is 11.3. The molecule has 0 fully saturated rings. The molecule has 0 aliphatic rings. The van der Waals surface area contributed by atoms with Gasteiger partial charge in [0.2, 0.25) is 0 Å². The lowest BCUT2D eigenvalue weighted by molar-refractivity contribution is 0.415. The van der Waals surface area contributed by atoms with Crippen LogP contribution in [-0.4, -0.2) is 21.4 Å². The van der Waals surface area contributed by atoms with Crippen molar-refractivity contribution in [1.82, 2.24) is 4.98 Å². The lowest BCUT2D eigenvalue weighted by atomic mass is 9.99. The average Bonchev–Trinajstić information content (AvgIpc) is 2.88. The first-order valence-corrected chi connectivity index (χ1v) is 13.3. The van der Waals surface area contributed by atoms with E-state index < -0.39 is 10.8 Å². The Morgan fingerprint density at radius 1 is 1.00 bits per heavy atom. The highest BCUT2D eigenvalue weighted by Gasteiger charge is 2.17. The molecule has 34 heavy (non-hydrogen) atoms. The predicted molar refractivity (Wildman–Crippen MR) is 140 cm³/mol. The maximum Gasteiger partial charge on any atom is 0.118 e. The van der Waals surface area contributed by atoms with E-state index in [1.54, 1.807) is 19.2 Å². The standard InChI is InChI=1S/C27H21ClN2O2S2/c1-32-23-13-9-21(10-14-23)26-15-24(20-5-3-2-4-6-20)25(16-29)27(30-26)33-18-34(31)17-19-7-11-22(28)12-8-19/h2-15H,17-18H2,1H3/t34-/m1/s1. The predicted octanol–water partition coefficient (Wildman–Crippen LogP) is 6.95. The Balaban J connectivity index is 1.67. The molecule has 0 bridgehead atoms. The topological polar surface area (TPSA) is 63.0 Å². The number of pyridine rings is 1. The fourth-order valence-electron chi connectivity index (χ4n) is 3.42. The van der Waals surface area contributed by atoms with Crippen LogP contribution in [0.4, 0.5) is 0 Å². The van der Waals surface area contributed by atoms with Gasteiger partial charge in [0.1, 0.15) is 16.8 Å². The zero-order valence-electron chi connectivity index (χ0n) is 18.4. The van der Waals surface area contributed by atoms with E-state index in [1.165, 1.54) is 11.8 Å². The van der Waals surface area contributed by atoms with E-state index in [1.807, 2.05) is 72.8 Å². The molecule has 1 heterocycles. The summed E-state index contributed by atoms with van der Waals surface area (Å²) in [5.74, 6) is 1.17. The van der Waals surface area contributed by atoms with Gasteiger partial charge in [-0.15, -0.1) is 0 Å². The maximum absolute atomic E-state index is 12.8. The summed E-state index contributed by atoms with van der Waals surface area (Å²) in [6.07, 6.45) is 0. The van der Waals surface area contributed by atoms with Crippen LogP contribution in [0.1, 0.15) is 11.1 Å². The van der Waals surface area contributed by atoms with Crippen LogP contribution in [0.5, 0.6) is 5.75 Å². The van der Waals surface area contributed by atoms with E-state index in [0.717, 1.165) is 33.7 Å². The van der Waals surface area contributed by atoms with Crippen molar-refractivity contribution in [3.8, 4) is 34.2 Å². The van der Waals surface area contributed by atoms with Gasteiger partial charge >= 0.3 is 0 Å². The molecule has 0 radical (unpaired) electrons. The molecule has 0 aliphatic heterocycles. The molecule has 0 N–H and O–H groups in total. The number of methoxy groups -OCH3 is 1. The number of nitriles is 1. The molecular formula is C27H21ClN2O2S2. The SMILES string of the molecule is COc1ccc(-c2cc(-c3ccccc3)c(C#N)c(SC[S@](=O)Cc3ccc(Cl)cc3)n2)cc1. The molecule has 0 amide bonds. The monoisotopic (exact) mass is 504 g/mol. The largest absolute Gasteiger partial charge is 0.497 e. The molecule has 4 nitrogen and oxygen atoms in total. The number of ether oxygens (including phenoxy) is 1. The Bertz CT molecular complexity index is 1340. The van der Waals surface area contributed by atoms with Crippen molar-refractivity contribution in [2.45, 2.75) is 10.8 Å². The minimum absolute atomic E-state index is 0.324. The first-order valence-electron chi connectivity index (χ1n) is 10.4. The van der Waals surface area contributed by atoms with Crippen LogP contribution in [0.25, 0.3) is 22.4 Å². The summed E-state index contributed by atoms with van der Waals surface area (Å²) in [4.78, 5) is 4.79. The van der Waals surface area contributed by atoms with E-state index >= 15 is 0 Å². The van der Waals surface area contributed by atoms with Crippen molar-refractivity contribution in [1.29, 1.82) is 5.26 Å². The van der Waals surface area contributed by atoms with Gasteiger partial charge in [0.25, 0.3) is 0 Å². The quantitative estimate of drug-likeness (QED) is 0.243. The molecule has 3 aromatic carbocycles. The summed E-state index contributed by atoms with van der Waals surface area (Å²) in [6, 6.07) is 29.0. The van der Waals surface area contributed by atoms with Gasteiger partial charge in [-0.05, 0) is 53.6 Å². The second-order valence-corrected chi connectivity index (χ2v) is 10.6. The summed E-state index contributed by atoms with van der Waals surface area (Å²) in [6.45, 7) is 0. The van der Waals surface area contributed by atoms with Gasteiger partial charge in [-0.25, -0.2) is 4.98 Å². The fourth-order valence-corrected chi connectivity index (χ4v) is 5.88. The molecular weight excluding hydrogens is 484 g/mol. The zero-order chi connectivity index (χ0) is 23.9. The minimum atomic E-state index is -1.14. The highest BCUT2D eigenvalue weighted by molar-refractivity contribution is 8.10. The van der Waals surface area contributed by atoms with Crippen molar-refractivity contribution in [3.63, 3.8) is 0 Å². The summed E-state index contributed by atoms with van der Waals surface area (Å²) in [7, 11) is 0.485. The summed E-state index contributed by atoms with van der Waals surface area (Å²) >= 11 is 7.29. The first-order chi connectivity index (χ1) is 16.6. The molecule has 4 rings (SSSR count). The number of halogens is 1. The molecule has 170 valence electrons. The second-order valence-electron chi connectivity index (χ2n) is 7.41. The van der Waals surface area contributed by atoms with Gasteiger partial charge in [-0.2, -0.15) is 5.26 Å². The van der Waals surface area contributed by atoms with Crippen molar-refractivity contribution in [3.05, 3.63) is 101 Å². The molecule has 1 aromatic heterocycles. The highest BCUT2D eigenvalue weighted by Crippen LogP contribution is 2.35. The number of thioether (sulfide) groups is 1. The number of hydrogen-bond donors (Lipinski definition) is 0. The highest BCUT2D eigenvalue weighted by atomic mass is 35.5. The van der Waals surface area contributed by atoms with Crippen LogP contribution in [0.3, 0.4) is 0 Å². The molecule has 0 aliphatic carbocycles. The summed E-state index contributed by atoms with van der Waals surface area (Å²) < 4.78 is 18.1. The first kappa shape index (κ1) is 24.0. The third-order valence-electron chi connectivity index (χ3n) is 5.14. The van der Waals surface area contributed by atoms with Crippen molar-refractivity contribution in [2.75, 3.05) is 12.2 Å². The van der Waals surface area contributed by atoms with E-state index in [9.17, 15) is 9.47 Å². The van der Waals surface area contributed by atoms with Crippen LogP contribution in [-0.2, 0) is 16.6 Å². The molecule has 0 saturated carbocycles. The Morgan fingerprint density at radius 3 is 2.35 bits per heavy atom. The lowest BCUT2D eigenvalue weighted by Crippen LogP contribution is -2.01. The number of aromatic nitrogens is 1. The Kier molecular flexibility index (Phi) is 8.02. The van der Waals surface area contributed by atoms with Gasteiger partial charge in [0, 0.05) is 32.7 Å². The van der Waals surface area contributed by atoms with Crippen LogP contribution >= 0.6 is 23.4 Å². The van der Waals surface area contributed by atoms with Gasteiger partial charge in [0.05, 0.1) is 23.5 Å². The van der Waals surface area contributed by atoms with Crippen molar-refractivity contribution < 1.29 is 8.95 Å². The van der Waals surface area contributed by atoms with Crippen molar-refractivity contribution in [2.24, 2.45) is 0 Å². The van der Waals surface area contributed by atoms with E-state index in [2.05, 4.69) is 6.07 Å². The molecule has 0 saturated heterocycles. The summed E-state index contributed by atoms with van der Waals surface area (Å²) in [5.41, 5.74) is 4.82. The van der Waals surface area contributed by atoms with Crippen LogP contribution in [0.15, 0.2) is 90.0 Å². The van der Waals surface area contributed by atoms with E-state index in [0.29, 0.717) is 26.4 Å². The fraction of sp³-hybridized carbons (Fsp3) is 0.111. The molecule has 0 unspecified atom stereocenters. The molecule has 7 heteroatoms. The zero-order valence-corrected chi connectivity index (χ0v) is 20.8. The number of hydrogen-bond acceptors (Lipinski definition) is 5. The van der Waals surface area contributed by atoms with Crippen LogP contribution in [0.2, 0.25) is 5.02 Å². The van der Waals surface area contributed by atoms with Gasteiger partial charge in [0.15, 0.2) is 0 Å². The van der Waals surface area contributed by atoms with E-state index in [4.69, 9.17) is 21.3 Å². The van der Waals surface area contributed by atoms with Gasteiger partial charge < -0.3 is 4.74 Å². The van der Waals surface area contributed by atoms with Crippen LogP contribution < -0.4 is 4.74 Å². The third-order valence-corrected chi connectivity index (χ3v) is 8.14. The smallest absolute Gasteiger partial charge is 0.118 e. The number of nitrogens with zero attached hydrogens (tertiary/aromatic N) is 2. The van der Waals surface area contributed by atoms with Gasteiger partial charge in [-0.3, -0.25) is 4.21 Å². The average molecular weight is 505 g/mol. The van der Waals surface area contributed by atoms with Crippen molar-refractivity contribution >= 4 is 34.2 Å². The molecule has 1 atom stereocenters. The van der Waals surface area contributed by atoms with Crippen LogP contribution in [0, 0.1) is 11.3 Å². The Labute approximate surface area is 211 Å². The number of rotatable bonds is 8. The summed E-state index contributed by atoms with van der Waals surface area (Å²) in [5, 5.41) is 11.5. The molecule has 0 spiro atoms. The van der Waals surface area contributed by atoms with E-state index in [-0.39, 0.29) is 0 Å². The number of benzene rings is 3.